The summed E-state index contributed by atoms with van der Waals surface area (Å²) in [6.45, 7) is 5.73. The summed E-state index contributed by atoms with van der Waals surface area (Å²) in [7, 11) is 1.58. The number of anilines is 1. The first-order valence-corrected chi connectivity index (χ1v) is 7.21. The third-order valence-electron chi connectivity index (χ3n) is 2.88. The van der Waals surface area contributed by atoms with Crippen molar-refractivity contribution < 1.29 is 14.3 Å². The van der Waals surface area contributed by atoms with E-state index in [2.05, 4.69) is 22.7 Å². The Kier molecular flexibility index (Phi) is 7.53. The lowest BCUT2D eigenvalue weighted by Crippen LogP contribution is -2.37. The summed E-state index contributed by atoms with van der Waals surface area (Å²) >= 11 is 0. The number of hydrogen-bond donors (Lipinski definition) is 3. The molecule has 0 saturated heterocycles. The number of hydrazine groups is 1. The van der Waals surface area contributed by atoms with Gasteiger partial charge in [0.2, 0.25) is 11.8 Å². The van der Waals surface area contributed by atoms with Gasteiger partial charge in [0.1, 0.15) is 5.75 Å². The average Bonchev–Trinajstić information content (AvgIpc) is 2.51. The van der Waals surface area contributed by atoms with Gasteiger partial charge in [0.15, 0.2) is 0 Å². The Morgan fingerprint density at radius 3 is 2.41 bits per heavy atom. The summed E-state index contributed by atoms with van der Waals surface area (Å²) in [4.78, 5) is 23.3. The van der Waals surface area contributed by atoms with Crippen molar-refractivity contribution >= 4 is 17.5 Å². The monoisotopic (exact) mass is 305 g/mol. The molecular formula is C16H23N3O3. The van der Waals surface area contributed by atoms with Gasteiger partial charge in [-0.3, -0.25) is 15.0 Å². The zero-order valence-corrected chi connectivity index (χ0v) is 13.1. The Hall–Kier alpha value is -2.50. The Morgan fingerprint density at radius 2 is 1.82 bits per heavy atom. The molecule has 0 bridgehead atoms. The van der Waals surface area contributed by atoms with E-state index >= 15 is 0 Å². The number of unbranched alkanes of at least 4 members (excludes halogenated alkanes) is 1. The highest BCUT2D eigenvalue weighted by Gasteiger charge is 2.06. The fourth-order valence-electron chi connectivity index (χ4n) is 1.68. The molecular weight excluding hydrogens is 282 g/mol. The first-order chi connectivity index (χ1) is 10.5. The maximum atomic E-state index is 11.8. The van der Waals surface area contributed by atoms with Crippen LogP contribution in [-0.4, -0.2) is 18.9 Å². The molecule has 0 unspecified atom stereocenters. The molecule has 120 valence electrons. The van der Waals surface area contributed by atoms with Crippen LogP contribution in [0.2, 0.25) is 0 Å². The lowest BCUT2D eigenvalue weighted by Gasteiger charge is -2.11. The van der Waals surface area contributed by atoms with E-state index < -0.39 is 0 Å². The molecule has 0 spiro atoms. The summed E-state index contributed by atoms with van der Waals surface area (Å²) < 4.78 is 5.04. The summed E-state index contributed by atoms with van der Waals surface area (Å²) in [5.41, 5.74) is 6.27. The van der Waals surface area contributed by atoms with Crippen LogP contribution in [0, 0.1) is 0 Å². The molecule has 1 rings (SSSR count). The van der Waals surface area contributed by atoms with E-state index in [4.69, 9.17) is 4.74 Å². The SMILES string of the molecule is C=C(CC(=O)Nc1ccc(OC)cc1)NNC(=O)CCCC. The van der Waals surface area contributed by atoms with Gasteiger partial charge in [0, 0.05) is 17.8 Å². The van der Waals surface area contributed by atoms with E-state index in [0.717, 1.165) is 18.6 Å². The van der Waals surface area contributed by atoms with Gasteiger partial charge in [-0.15, -0.1) is 0 Å². The smallest absolute Gasteiger partial charge is 0.238 e. The predicted octanol–water partition coefficient (Wildman–Crippen LogP) is 2.35. The number of carbonyl (C=O) groups is 2. The zero-order valence-electron chi connectivity index (χ0n) is 13.1. The molecule has 6 nitrogen and oxygen atoms in total. The van der Waals surface area contributed by atoms with Gasteiger partial charge in [0.05, 0.1) is 13.5 Å². The first kappa shape index (κ1) is 17.6. The van der Waals surface area contributed by atoms with Crippen LogP contribution in [0.25, 0.3) is 0 Å². The molecule has 0 saturated carbocycles. The average molecular weight is 305 g/mol. The highest BCUT2D eigenvalue weighted by Crippen LogP contribution is 2.15. The fourth-order valence-corrected chi connectivity index (χ4v) is 1.68. The van der Waals surface area contributed by atoms with Crippen LogP contribution in [0.3, 0.4) is 0 Å². The summed E-state index contributed by atoms with van der Waals surface area (Å²) in [5, 5.41) is 2.74. The third kappa shape index (κ3) is 6.78. The van der Waals surface area contributed by atoms with E-state index in [9.17, 15) is 9.59 Å². The molecule has 0 atom stereocenters. The number of ether oxygens (including phenoxy) is 1. The normalized spacial score (nSPS) is 9.73. The molecule has 0 aliphatic carbocycles. The number of hydrogen-bond acceptors (Lipinski definition) is 4. The van der Waals surface area contributed by atoms with Crippen LogP contribution < -0.4 is 20.9 Å². The Balaban J connectivity index is 2.31. The Labute approximate surface area is 130 Å². The minimum absolute atomic E-state index is 0.0695. The highest BCUT2D eigenvalue weighted by molar-refractivity contribution is 5.92. The second-order valence-electron chi connectivity index (χ2n) is 4.83. The van der Waals surface area contributed by atoms with Crippen LogP contribution >= 0.6 is 0 Å². The van der Waals surface area contributed by atoms with Crippen molar-refractivity contribution in [3.05, 3.63) is 36.5 Å². The number of methoxy groups -OCH3 is 1. The van der Waals surface area contributed by atoms with Gasteiger partial charge in [-0.1, -0.05) is 19.9 Å². The molecule has 0 radical (unpaired) electrons. The lowest BCUT2D eigenvalue weighted by molar-refractivity contribution is -0.122. The summed E-state index contributed by atoms with van der Waals surface area (Å²) in [5.74, 6) is 0.392. The molecule has 0 aromatic heterocycles. The van der Waals surface area contributed by atoms with E-state index in [-0.39, 0.29) is 18.2 Å². The van der Waals surface area contributed by atoms with Crippen molar-refractivity contribution in [3.8, 4) is 5.75 Å². The summed E-state index contributed by atoms with van der Waals surface area (Å²) in [6, 6.07) is 7.02. The largest absolute Gasteiger partial charge is 0.497 e. The number of benzene rings is 1. The number of nitrogens with one attached hydrogen (secondary N) is 3. The van der Waals surface area contributed by atoms with Crippen LogP contribution in [0.5, 0.6) is 5.75 Å². The molecule has 0 aliphatic heterocycles. The van der Waals surface area contributed by atoms with Crippen molar-refractivity contribution in [1.29, 1.82) is 0 Å². The Morgan fingerprint density at radius 1 is 1.14 bits per heavy atom. The minimum Gasteiger partial charge on any atom is -0.497 e. The molecule has 1 aromatic rings. The van der Waals surface area contributed by atoms with E-state index in [0.29, 0.717) is 17.8 Å². The second kappa shape index (κ2) is 9.44. The van der Waals surface area contributed by atoms with Gasteiger partial charge < -0.3 is 15.5 Å². The van der Waals surface area contributed by atoms with Gasteiger partial charge in [0.25, 0.3) is 0 Å². The Bertz CT molecular complexity index is 512. The van der Waals surface area contributed by atoms with Crippen molar-refractivity contribution in [2.75, 3.05) is 12.4 Å². The van der Waals surface area contributed by atoms with Crippen molar-refractivity contribution in [1.82, 2.24) is 10.9 Å². The van der Waals surface area contributed by atoms with Crippen molar-refractivity contribution in [2.24, 2.45) is 0 Å². The summed E-state index contributed by atoms with van der Waals surface area (Å²) in [6.07, 6.45) is 2.31. The van der Waals surface area contributed by atoms with E-state index in [1.165, 1.54) is 0 Å². The molecule has 22 heavy (non-hydrogen) atoms. The van der Waals surface area contributed by atoms with E-state index in [1.807, 2.05) is 6.92 Å². The topological polar surface area (TPSA) is 79.5 Å². The number of amides is 2. The van der Waals surface area contributed by atoms with Crippen LogP contribution in [-0.2, 0) is 9.59 Å². The van der Waals surface area contributed by atoms with Crippen LogP contribution in [0.1, 0.15) is 32.6 Å². The molecule has 3 N–H and O–H groups in total. The molecule has 0 aliphatic rings. The molecule has 0 heterocycles. The van der Waals surface area contributed by atoms with Crippen molar-refractivity contribution in [3.63, 3.8) is 0 Å². The number of carbonyl (C=O) groups excluding carboxylic acids is 2. The third-order valence-corrected chi connectivity index (χ3v) is 2.88. The molecule has 0 fully saturated rings. The standard InChI is InChI=1S/C16H23N3O3/c1-4-5-6-15(20)19-18-12(2)11-16(21)17-13-7-9-14(22-3)10-8-13/h7-10,18H,2,4-6,11H2,1,3H3,(H,17,21)(H,19,20). The van der Waals surface area contributed by atoms with E-state index in [1.54, 1.807) is 31.4 Å². The predicted molar refractivity (Wildman–Crippen MR) is 86.2 cm³/mol. The maximum absolute atomic E-state index is 11.8. The fraction of sp³-hybridized carbons (Fsp3) is 0.375. The van der Waals surface area contributed by atoms with Gasteiger partial charge in [-0.2, -0.15) is 0 Å². The van der Waals surface area contributed by atoms with Gasteiger partial charge in [-0.05, 0) is 30.7 Å². The molecule has 2 amide bonds. The van der Waals surface area contributed by atoms with Gasteiger partial charge in [-0.25, -0.2) is 0 Å². The maximum Gasteiger partial charge on any atom is 0.238 e. The quantitative estimate of drug-likeness (QED) is 0.612. The zero-order chi connectivity index (χ0) is 16.4. The lowest BCUT2D eigenvalue weighted by atomic mass is 10.2. The van der Waals surface area contributed by atoms with Crippen LogP contribution in [0.15, 0.2) is 36.5 Å². The van der Waals surface area contributed by atoms with Gasteiger partial charge >= 0.3 is 0 Å². The molecule has 6 heteroatoms. The van der Waals surface area contributed by atoms with Crippen molar-refractivity contribution in [2.45, 2.75) is 32.6 Å². The second-order valence-corrected chi connectivity index (χ2v) is 4.83. The number of rotatable bonds is 9. The molecule has 1 aromatic carbocycles. The highest BCUT2D eigenvalue weighted by atomic mass is 16.5. The first-order valence-electron chi connectivity index (χ1n) is 7.21. The minimum atomic E-state index is -0.217. The van der Waals surface area contributed by atoms with Crippen LogP contribution in [0.4, 0.5) is 5.69 Å².